The van der Waals surface area contributed by atoms with Crippen molar-refractivity contribution >= 4 is 17.5 Å². The number of benzene rings is 2. The van der Waals surface area contributed by atoms with Gasteiger partial charge in [0.25, 0.3) is 5.91 Å². The number of methoxy groups -OCH3 is 1. The summed E-state index contributed by atoms with van der Waals surface area (Å²) in [6, 6.07) is 13.3. The quantitative estimate of drug-likeness (QED) is 0.572. The van der Waals surface area contributed by atoms with Crippen molar-refractivity contribution in [2.75, 3.05) is 33.3 Å². The van der Waals surface area contributed by atoms with E-state index in [0.717, 1.165) is 5.56 Å². The van der Waals surface area contributed by atoms with Crippen molar-refractivity contribution in [1.29, 1.82) is 0 Å². The van der Waals surface area contributed by atoms with Gasteiger partial charge >= 0.3 is 0 Å². The molecular formula is C24H24ClFN4O3. The summed E-state index contributed by atoms with van der Waals surface area (Å²) in [5.41, 5.74) is 1.65. The minimum atomic E-state index is -0.404. The lowest BCUT2D eigenvalue weighted by atomic mass is 10.1. The average Bonchev–Trinajstić information content (AvgIpc) is 2.80. The third-order valence-corrected chi connectivity index (χ3v) is 5.92. The minimum Gasteiger partial charge on any atom is -0.494 e. The average molecular weight is 471 g/mol. The van der Waals surface area contributed by atoms with E-state index in [0.29, 0.717) is 49.1 Å². The molecule has 7 nitrogen and oxygen atoms in total. The highest BCUT2D eigenvalue weighted by Crippen LogP contribution is 2.19. The summed E-state index contributed by atoms with van der Waals surface area (Å²) in [6.07, 6.45) is 0. The van der Waals surface area contributed by atoms with Gasteiger partial charge in [0.2, 0.25) is 5.43 Å². The molecular weight excluding hydrogens is 447 g/mol. The lowest BCUT2D eigenvalue weighted by molar-refractivity contribution is 0.0619. The van der Waals surface area contributed by atoms with Crippen molar-refractivity contribution < 1.29 is 13.9 Å². The fourth-order valence-corrected chi connectivity index (χ4v) is 3.99. The van der Waals surface area contributed by atoms with Crippen LogP contribution in [0.25, 0.3) is 5.69 Å². The van der Waals surface area contributed by atoms with Crippen molar-refractivity contribution in [3.05, 3.63) is 86.5 Å². The highest BCUT2D eigenvalue weighted by atomic mass is 35.5. The van der Waals surface area contributed by atoms with E-state index >= 15 is 0 Å². The zero-order chi connectivity index (χ0) is 23.5. The number of rotatable bonds is 5. The molecule has 1 amide bonds. The summed E-state index contributed by atoms with van der Waals surface area (Å²) in [6.45, 7) is 4.45. The number of hydrogen-bond acceptors (Lipinski definition) is 5. The summed E-state index contributed by atoms with van der Waals surface area (Å²) < 4.78 is 20.5. The Morgan fingerprint density at radius 2 is 1.79 bits per heavy atom. The lowest BCUT2D eigenvalue weighted by Gasteiger charge is -2.34. The van der Waals surface area contributed by atoms with E-state index in [1.807, 2.05) is 6.07 Å². The zero-order valence-electron chi connectivity index (χ0n) is 18.4. The van der Waals surface area contributed by atoms with Crippen LogP contribution < -0.4 is 10.2 Å². The van der Waals surface area contributed by atoms with Crippen molar-refractivity contribution in [2.45, 2.75) is 13.5 Å². The molecule has 2 heterocycles. The Labute approximate surface area is 196 Å². The molecule has 4 rings (SSSR count). The lowest BCUT2D eigenvalue weighted by Crippen LogP contribution is -2.49. The van der Waals surface area contributed by atoms with Crippen LogP contribution in [0.2, 0.25) is 5.02 Å². The van der Waals surface area contributed by atoms with E-state index < -0.39 is 17.2 Å². The molecule has 3 aromatic rings. The molecule has 2 aromatic carbocycles. The Morgan fingerprint density at radius 1 is 1.09 bits per heavy atom. The second-order valence-corrected chi connectivity index (χ2v) is 8.36. The standard InChI is InChI=1S/C24H24ClFN4O3/c1-16-13-21(31)23(27-30(16)19-6-4-18(25)5-7-19)24(32)29-11-9-28(10-12-29)15-17-3-8-22(33-2)20(26)14-17/h3-8,13-14H,9-12,15H2,1-2H3. The molecule has 0 bridgehead atoms. The van der Waals surface area contributed by atoms with E-state index in [-0.39, 0.29) is 11.4 Å². The molecule has 9 heteroatoms. The van der Waals surface area contributed by atoms with Crippen LogP contribution in [0.1, 0.15) is 21.7 Å². The third kappa shape index (κ3) is 5.07. The summed E-state index contributed by atoms with van der Waals surface area (Å²) in [7, 11) is 1.43. The normalized spacial score (nSPS) is 14.4. The summed E-state index contributed by atoms with van der Waals surface area (Å²) in [5.74, 6) is -0.576. The maximum Gasteiger partial charge on any atom is 0.278 e. The fourth-order valence-electron chi connectivity index (χ4n) is 3.86. The van der Waals surface area contributed by atoms with E-state index in [2.05, 4.69) is 10.00 Å². The number of carbonyl (C=O) groups excluding carboxylic acids is 1. The van der Waals surface area contributed by atoms with Crippen molar-refractivity contribution in [3.63, 3.8) is 0 Å². The molecule has 1 fully saturated rings. The first kappa shape index (κ1) is 22.9. The molecule has 33 heavy (non-hydrogen) atoms. The first-order chi connectivity index (χ1) is 15.9. The van der Waals surface area contributed by atoms with Crippen LogP contribution in [0.3, 0.4) is 0 Å². The van der Waals surface area contributed by atoms with Gasteiger partial charge < -0.3 is 9.64 Å². The molecule has 172 valence electrons. The van der Waals surface area contributed by atoms with Gasteiger partial charge in [0.05, 0.1) is 12.8 Å². The Kier molecular flexibility index (Phi) is 6.76. The van der Waals surface area contributed by atoms with Gasteiger partial charge in [-0.3, -0.25) is 14.5 Å². The van der Waals surface area contributed by atoms with Crippen LogP contribution in [-0.4, -0.2) is 58.8 Å². The highest BCUT2D eigenvalue weighted by molar-refractivity contribution is 6.30. The second kappa shape index (κ2) is 9.72. The van der Waals surface area contributed by atoms with E-state index in [1.54, 1.807) is 46.8 Å². The number of amides is 1. The number of aryl methyl sites for hydroxylation is 1. The van der Waals surface area contributed by atoms with Crippen LogP contribution in [0.5, 0.6) is 5.75 Å². The van der Waals surface area contributed by atoms with Crippen molar-refractivity contribution in [3.8, 4) is 11.4 Å². The maximum absolute atomic E-state index is 14.0. The van der Waals surface area contributed by atoms with Crippen LogP contribution in [0, 0.1) is 12.7 Å². The number of nitrogens with zero attached hydrogens (tertiary/aromatic N) is 4. The minimum absolute atomic E-state index is 0.110. The van der Waals surface area contributed by atoms with Crippen LogP contribution >= 0.6 is 11.6 Å². The number of halogens is 2. The number of ether oxygens (including phenoxy) is 1. The van der Waals surface area contributed by atoms with E-state index in [4.69, 9.17) is 16.3 Å². The molecule has 0 atom stereocenters. The molecule has 0 N–H and O–H groups in total. The van der Waals surface area contributed by atoms with Gasteiger partial charge in [-0.2, -0.15) is 5.10 Å². The van der Waals surface area contributed by atoms with Gasteiger partial charge in [0.15, 0.2) is 17.3 Å². The van der Waals surface area contributed by atoms with E-state index in [1.165, 1.54) is 19.2 Å². The topological polar surface area (TPSA) is 67.7 Å². The fraction of sp³-hybridized carbons (Fsp3) is 0.292. The first-order valence-electron chi connectivity index (χ1n) is 10.6. The molecule has 1 saturated heterocycles. The number of piperazine rings is 1. The van der Waals surface area contributed by atoms with Crippen LogP contribution in [0.15, 0.2) is 53.3 Å². The SMILES string of the molecule is COc1ccc(CN2CCN(C(=O)c3nn(-c4ccc(Cl)cc4)c(C)cc3=O)CC2)cc1F. The van der Waals surface area contributed by atoms with Gasteiger partial charge in [0, 0.05) is 49.5 Å². The van der Waals surface area contributed by atoms with Gasteiger partial charge in [-0.25, -0.2) is 9.07 Å². The smallest absolute Gasteiger partial charge is 0.278 e. The predicted molar refractivity (Wildman–Crippen MR) is 124 cm³/mol. The van der Waals surface area contributed by atoms with Gasteiger partial charge in [-0.1, -0.05) is 17.7 Å². The molecule has 0 aliphatic carbocycles. The summed E-state index contributed by atoms with van der Waals surface area (Å²) in [5, 5.41) is 4.95. The van der Waals surface area contributed by atoms with Crippen molar-refractivity contribution in [2.24, 2.45) is 0 Å². The molecule has 1 aliphatic rings. The Balaban J connectivity index is 1.45. The van der Waals surface area contributed by atoms with Gasteiger partial charge in [0.1, 0.15) is 0 Å². The van der Waals surface area contributed by atoms with Crippen molar-refractivity contribution in [1.82, 2.24) is 19.6 Å². The number of hydrogen-bond donors (Lipinski definition) is 0. The molecule has 0 spiro atoms. The maximum atomic E-state index is 14.0. The van der Waals surface area contributed by atoms with E-state index in [9.17, 15) is 14.0 Å². The Morgan fingerprint density at radius 3 is 2.42 bits per heavy atom. The molecule has 0 radical (unpaired) electrons. The third-order valence-electron chi connectivity index (χ3n) is 5.66. The number of aromatic nitrogens is 2. The second-order valence-electron chi connectivity index (χ2n) is 7.92. The number of carbonyl (C=O) groups is 1. The van der Waals surface area contributed by atoms with Gasteiger partial charge in [-0.05, 0) is 48.9 Å². The van der Waals surface area contributed by atoms with Crippen LogP contribution in [0.4, 0.5) is 4.39 Å². The largest absolute Gasteiger partial charge is 0.494 e. The van der Waals surface area contributed by atoms with Crippen LogP contribution in [-0.2, 0) is 6.54 Å². The predicted octanol–water partition coefficient (Wildman–Crippen LogP) is 3.30. The first-order valence-corrected chi connectivity index (χ1v) is 10.9. The van der Waals surface area contributed by atoms with Gasteiger partial charge in [-0.15, -0.1) is 0 Å². The monoisotopic (exact) mass is 470 g/mol. The molecule has 1 aliphatic heterocycles. The zero-order valence-corrected chi connectivity index (χ0v) is 19.2. The summed E-state index contributed by atoms with van der Waals surface area (Å²) in [4.78, 5) is 29.4. The molecule has 0 saturated carbocycles. The molecule has 0 unspecified atom stereocenters. The molecule has 1 aromatic heterocycles. The summed E-state index contributed by atoms with van der Waals surface area (Å²) >= 11 is 5.96. The Hall–Kier alpha value is -3.23. The highest BCUT2D eigenvalue weighted by Gasteiger charge is 2.26. The Bertz CT molecular complexity index is 1220.